The van der Waals surface area contributed by atoms with E-state index in [4.69, 9.17) is 0 Å². The first-order valence-corrected chi connectivity index (χ1v) is 6.85. The summed E-state index contributed by atoms with van der Waals surface area (Å²) in [6.07, 6.45) is 2.58. The zero-order valence-corrected chi connectivity index (χ0v) is 11.5. The molecule has 0 saturated heterocycles. The first-order chi connectivity index (χ1) is 9.74. The van der Waals surface area contributed by atoms with E-state index in [-0.39, 0.29) is 5.82 Å². The third kappa shape index (κ3) is 2.65. The van der Waals surface area contributed by atoms with Gasteiger partial charge in [0.1, 0.15) is 0 Å². The minimum Gasteiger partial charge on any atom is -0.366 e. The van der Waals surface area contributed by atoms with Gasteiger partial charge in [0.2, 0.25) is 0 Å². The second-order valence-electron chi connectivity index (χ2n) is 5.26. The molecule has 0 fully saturated rings. The Morgan fingerprint density at radius 2 is 2.05 bits per heavy atom. The standard InChI is InChI=1S/C16H18FN3/c1-20-11-13-6-3-2-5-12(13)9-14(20)10-19-16-15(17)7-4-8-18-16/h2-8,14H,9-11H2,1H3,(H,18,19). The van der Waals surface area contributed by atoms with E-state index in [1.807, 2.05) is 0 Å². The summed E-state index contributed by atoms with van der Waals surface area (Å²) in [5.41, 5.74) is 2.77. The highest BCUT2D eigenvalue weighted by atomic mass is 19.1. The molecule has 1 atom stereocenters. The van der Waals surface area contributed by atoms with Crippen molar-refractivity contribution < 1.29 is 4.39 Å². The predicted molar refractivity (Wildman–Crippen MR) is 78.1 cm³/mol. The van der Waals surface area contributed by atoms with E-state index in [9.17, 15) is 4.39 Å². The molecule has 1 aromatic heterocycles. The molecule has 3 nitrogen and oxygen atoms in total. The number of rotatable bonds is 3. The molecule has 1 aliphatic heterocycles. The molecule has 20 heavy (non-hydrogen) atoms. The van der Waals surface area contributed by atoms with E-state index in [0.29, 0.717) is 18.4 Å². The lowest BCUT2D eigenvalue weighted by Crippen LogP contribution is -2.42. The van der Waals surface area contributed by atoms with Crippen LogP contribution in [0.5, 0.6) is 0 Å². The number of nitrogens with zero attached hydrogens (tertiary/aromatic N) is 2. The van der Waals surface area contributed by atoms with Gasteiger partial charge < -0.3 is 5.32 Å². The van der Waals surface area contributed by atoms with Crippen LogP contribution < -0.4 is 5.32 Å². The Hall–Kier alpha value is -1.94. The lowest BCUT2D eigenvalue weighted by Gasteiger charge is -2.34. The van der Waals surface area contributed by atoms with Crippen LogP contribution in [0.15, 0.2) is 42.6 Å². The second kappa shape index (κ2) is 5.59. The van der Waals surface area contributed by atoms with Crippen molar-refractivity contribution in [2.24, 2.45) is 0 Å². The number of halogens is 1. The van der Waals surface area contributed by atoms with Gasteiger partial charge in [0.25, 0.3) is 0 Å². The van der Waals surface area contributed by atoms with E-state index in [0.717, 1.165) is 13.0 Å². The molecule has 3 rings (SSSR count). The number of benzene rings is 1. The van der Waals surface area contributed by atoms with Crippen LogP contribution >= 0.6 is 0 Å². The molecule has 2 aromatic rings. The molecule has 0 radical (unpaired) electrons. The predicted octanol–water partition coefficient (Wildman–Crippen LogP) is 2.69. The summed E-state index contributed by atoms with van der Waals surface area (Å²) in [7, 11) is 2.11. The molecule has 0 saturated carbocycles. The van der Waals surface area contributed by atoms with Crippen molar-refractivity contribution in [1.82, 2.24) is 9.88 Å². The minimum atomic E-state index is -0.300. The molecule has 0 bridgehead atoms. The van der Waals surface area contributed by atoms with Gasteiger partial charge in [-0.15, -0.1) is 0 Å². The van der Waals surface area contributed by atoms with Crippen LogP contribution in [0.3, 0.4) is 0 Å². The normalized spacial score (nSPS) is 18.6. The van der Waals surface area contributed by atoms with Crippen molar-refractivity contribution in [2.45, 2.75) is 19.0 Å². The highest BCUT2D eigenvalue weighted by Crippen LogP contribution is 2.22. The first kappa shape index (κ1) is 13.1. The third-order valence-corrected chi connectivity index (χ3v) is 3.88. The zero-order chi connectivity index (χ0) is 13.9. The van der Waals surface area contributed by atoms with Gasteiger partial charge in [-0.05, 0) is 36.7 Å². The van der Waals surface area contributed by atoms with Gasteiger partial charge in [-0.3, -0.25) is 4.90 Å². The van der Waals surface area contributed by atoms with Crippen molar-refractivity contribution >= 4 is 5.82 Å². The summed E-state index contributed by atoms with van der Waals surface area (Å²) >= 11 is 0. The topological polar surface area (TPSA) is 28.2 Å². The Morgan fingerprint density at radius 3 is 2.85 bits per heavy atom. The van der Waals surface area contributed by atoms with Gasteiger partial charge in [0, 0.05) is 25.3 Å². The number of hydrogen-bond donors (Lipinski definition) is 1. The highest BCUT2D eigenvalue weighted by Gasteiger charge is 2.22. The van der Waals surface area contributed by atoms with Gasteiger partial charge in [-0.2, -0.15) is 0 Å². The smallest absolute Gasteiger partial charge is 0.165 e. The number of hydrogen-bond acceptors (Lipinski definition) is 3. The van der Waals surface area contributed by atoms with Crippen molar-refractivity contribution in [1.29, 1.82) is 0 Å². The van der Waals surface area contributed by atoms with Crippen molar-refractivity contribution in [3.63, 3.8) is 0 Å². The fourth-order valence-electron chi connectivity index (χ4n) is 2.68. The lowest BCUT2D eigenvalue weighted by molar-refractivity contribution is 0.224. The van der Waals surface area contributed by atoms with Gasteiger partial charge in [0.05, 0.1) is 0 Å². The molecule has 104 valence electrons. The molecule has 0 spiro atoms. The number of fused-ring (bicyclic) bond motifs is 1. The Bertz CT molecular complexity index is 600. The van der Waals surface area contributed by atoms with Crippen LogP contribution in [0.1, 0.15) is 11.1 Å². The molecule has 0 aliphatic carbocycles. The molecular formula is C16H18FN3. The highest BCUT2D eigenvalue weighted by molar-refractivity contribution is 5.36. The molecular weight excluding hydrogens is 253 g/mol. The van der Waals surface area contributed by atoms with Crippen LogP contribution in [0.25, 0.3) is 0 Å². The van der Waals surface area contributed by atoms with Gasteiger partial charge in [-0.1, -0.05) is 24.3 Å². The van der Waals surface area contributed by atoms with E-state index >= 15 is 0 Å². The number of pyridine rings is 1. The van der Waals surface area contributed by atoms with Crippen molar-refractivity contribution in [3.05, 3.63) is 59.5 Å². The van der Waals surface area contributed by atoms with Crippen LogP contribution in [-0.2, 0) is 13.0 Å². The number of aromatic nitrogens is 1. The van der Waals surface area contributed by atoms with E-state index in [1.54, 1.807) is 12.3 Å². The minimum absolute atomic E-state index is 0.300. The molecule has 0 amide bonds. The SMILES string of the molecule is CN1Cc2ccccc2CC1CNc1ncccc1F. The first-order valence-electron chi connectivity index (χ1n) is 6.85. The maximum absolute atomic E-state index is 13.5. The maximum atomic E-state index is 13.5. The van der Waals surface area contributed by atoms with E-state index < -0.39 is 0 Å². The monoisotopic (exact) mass is 271 g/mol. The lowest BCUT2D eigenvalue weighted by atomic mass is 9.94. The Balaban J connectivity index is 1.68. The van der Waals surface area contributed by atoms with Crippen LogP contribution in [0, 0.1) is 5.82 Å². The van der Waals surface area contributed by atoms with Crippen molar-refractivity contribution in [2.75, 3.05) is 18.9 Å². The van der Waals surface area contributed by atoms with E-state index in [1.165, 1.54) is 17.2 Å². The fourth-order valence-corrected chi connectivity index (χ4v) is 2.68. The Morgan fingerprint density at radius 1 is 1.25 bits per heavy atom. The summed E-state index contributed by atoms with van der Waals surface area (Å²) < 4.78 is 13.5. The molecule has 4 heteroatoms. The molecule has 1 unspecified atom stereocenters. The molecule has 1 N–H and O–H groups in total. The quantitative estimate of drug-likeness (QED) is 0.930. The largest absolute Gasteiger partial charge is 0.366 e. The zero-order valence-electron chi connectivity index (χ0n) is 11.5. The van der Waals surface area contributed by atoms with Gasteiger partial charge >= 0.3 is 0 Å². The summed E-state index contributed by atoms with van der Waals surface area (Å²) in [5, 5.41) is 3.12. The molecule has 1 aromatic carbocycles. The molecule has 1 aliphatic rings. The fraction of sp³-hybridized carbons (Fsp3) is 0.312. The summed E-state index contributed by atoms with van der Waals surface area (Å²) in [4.78, 5) is 6.33. The van der Waals surface area contributed by atoms with Crippen LogP contribution in [0.4, 0.5) is 10.2 Å². The average Bonchev–Trinajstić information content (AvgIpc) is 2.46. The average molecular weight is 271 g/mol. The number of likely N-dealkylation sites (N-methyl/N-ethyl adjacent to an activating group) is 1. The van der Waals surface area contributed by atoms with Gasteiger partial charge in [-0.25, -0.2) is 9.37 Å². The van der Waals surface area contributed by atoms with Gasteiger partial charge in [0.15, 0.2) is 11.6 Å². The number of nitrogens with one attached hydrogen (secondary N) is 1. The van der Waals surface area contributed by atoms with Crippen LogP contribution in [-0.4, -0.2) is 29.5 Å². The summed E-state index contributed by atoms with van der Waals surface area (Å²) in [6, 6.07) is 11.9. The second-order valence-corrected chi connectivity index (χ2v) is 5.26. The number of anilines is 1. The summed E-state index contributed by atoms with van der Waals surface area (Å²) in [5.74, 6) is 0.0334. The molecule has 2 heterocycles. The maximum Gasteiger partial charge on any atom is 0.165 e. The third-order valence-electron chi connectivity index (χ3n) is 3.88. The summed E-state index contributed by atoms with van der Waals surface area (Å²) in [6.45, 7) is 1.63. The van der Waals surface area contributed by atoms with E-state index in [2.05, 4.69) is 46.5 Å². The van der Waals surface area contributed by atoms with Crippen molar-refractivity contribution in [3.8, 4) is 0 Å². The Kier molecular flexibility index (Phi) is 3.65. The Labute approximate surface area is 118 Å². The van der Waals surface area contributed by atoms with Crippen LogP contribution in [0.2, 0.25) is 0 Å².